The van der Waals surface area contributed by atoms with Gasteiger partial charge in [-0.1, -0.05) is 54.8 Å². The Morgan fingerprint density at radius 2 is 1.72 bits per heavy atom. The lowest BCUT2D eigenvalue weighted by Gasteiger charge is -2.30. The number of para-hydroxylation sites is 1. The zero-order valence-corrected chi connectivity index (χ0v) is 22.8. The van der Waals surface area contributed by atoms with Crippen molar-refractivity contribution in [2.75, 3.05) is 17.1 Å². The highest BCUT2D eigenvalue weighted by Gasteiger charge is 2.29. The second-order valence-electron chi connectivity index (χ2n) is 9.54. The maximum Gasteiger partial charge on any atom is 0.242 e. The van der Waals surface area contributed by atoms with Crippen molar-refractivity contribution < 1.29 is 18.0 Å². The Morgan fingerprint density at radius 3 is 2.33 bits per heavy atom. The molecule has 1 aliphatic carbocycles. The van der Waals surface area contributed by atoms with Gasteiger partial charge in [-0.25, -0.2) is 8.42 Å². The van der Waals surface area contributed by atoms with Crippen LogP contribution in [0.4, 0.5) is 5.69 Å². The quantitative estimate of drug-likeness (QED) is 0.454. The van der Waals surface area contributed by atoms with Crippen molar-refractivity contribution in [3.8, 4) is 0 Å². The summed E-state index contributed by atoms with van der Waals surface area (Å²) in [4.78, 5) is 28.0. The molecule has 0 aliphatic heterocycles. The highest BCUT2D eigenvalue weighted by Crippen LogP contribution is 2.23. The number of nitrogens with one attached hydrogen (secondary N) is 1. The van der Waals surface area contributed by atoms with Crippen molar-refractivity contribution in [2.45, 2.75) is 71.0 Å². The Labute approximate surface area is 219 Å². The Morgan fingerprint density at radius 1 is 1.08 bits per heavy atom. The molecular weight excluding hydrogens is 498 g/mol. The van der Waals surface area contributed by atoms with Gasteiger partial charge in [0.1, 0.15) is 6.04 Å². The number of carbonyl (C=O) groups excluding carboxylic acids is 2. The summed E-state index contributed by atoms with van der Waals surface area (Å²) in [6.45, 7) is 4.04. The number of rotatable bonds is 11. The van der Waals surface area contributed by atoms with Crippen LogP contribution in [0.25, 0.3) is 0 Å². The number of hydrogen-bond donors (Lipinski definition) is 1. The van der Waals surface area contributed by atoms with E-state index in [9.17, 15) is 18.0 Å². The van der Waals surface area contributed by atoms with E-state index < -0.39 is 16.1 Å². The smallest absolute Gasteiger partial charge is 0.242 e. The number of carbonyl (C=O) groups is 2. The van der Waals surface area contributed by atoms with E-state index in [0.29, 0.717) is 17.1 Å². The molecule has 3 rings (SSSR count). The Balaban J connectivity index is 1.72. The normalized spacial score (nSPS) is 14.9. The molecule has 2 aromatic carbocycles. The number of benzene rings is 2. The van der Waals surface area contributed by atoms with Gasteiger partial charge in [-0.3, -0.25) is 13.9 Å². The van der Waals surface area contributed by atoms with Crippen LogP contribution in [0, 0.1) is 6.92 Å². The summed E-state index contributed by atoms with van der Waals surface area (Å²) in [6.07, 6.45) is 5.74. The molecule has 2 aromatic rings. The van der Waals surface area contributed by atoms with Crippen molar-refractivity contribution >= 4 is 39.1 Å². The maximum absolute atomic E-state index is 13.4. The lowest BCUT2D eigenvalue weighted by molar-refractivity contribution is -0.141. The summed E-state index contributed by atoms with van der Waals surface area (Å²) in [5.41, 5.74) is 2.32. The first kappa shape index (κ1) is 28.0. The van der Waals surface area contributed by atoms with Crippen molar-refractivity contribution in [3.05, 3.63) is 64.7 Å². The Hall–Kier alpha value is -2.58. The maximum atomic E-state index is 13.4. The van der Waals surface area contributed by atoms with Crippen LogP contribution < -0.4 is 9.62 Å². The van der Waals surface area contributed by atoms with E-state index >= 15 is 0 Å². The molecular formula is C27H36ClN3O4S. The summed E-state index contributed by atoms with van der Waals surface area (Å²) in [7, 11) is -3.52. The number of halogens is 1. The lowest BCUT2D eigenvalue weighted by Crippen LogP contribution is -2.49. The van der Waals surface area contributed by atoms with E-state index in [2.05, 4.69) is 5.32 Å². The standard InChI is InChI=1S/C27H36ClN3O4S/c1-20-9-4-7-12-25(20)31(36(3,34)35)18-8-13-26(32)30(19-22-14-16-23(28)17-15-22)21(2)27(33)29-24-10-5-6-11-24/h4,7,9,12,14-17,21,24H,5-6,8,10-11,13,18-19H2,1-3H3,(H,29,33). The van der Waals surface area contributed by atoms with Gasteiger partial charge in [0.2, 0.25) is 21.8 Å². The van der Waals surface area contributed by atoms with E-state index in [1.54, 1.807) is 36.1 Å². The minimum Gasteiger partial charge on any atom is -0.352 e. The summed E-state index contributed by atoms with van der Waals surface area (Å²) < 4.78 is 26.3. The van der Waals surface area contributed by atoms with Crippen LogP contribution in [0.1, 0.15) is 56.6 Å². The third-order valence-electron chi connectivity index (χ3n) is 6.67. The predicted molar refractivity (Wildman–Crippen MR) is 144 cm³/mol. The van der Waals surface area contributed by atoms with E-state index in [1.807, 2.05) is 31.2 Å². The average molecular weight is 534 g/mol. The van der Waals surface area contributed by atoms with Crippen LogP contribution >= 0.6 is 11.6 Å². The predicted octanol–water partition coefficient (Wildman–Crippen LogP) is 4.67. The number of sulfonamides is 1. The molecule has 1 N–H and O–H groups in total. The Bertz CT molecular complexity index is 1150. The zero-order chi connectivity index (χ0) is 26.3. The first-order valence-electron chi connectivity index (χ1n) is 12.4. The van der Waals surface area contributed by atoms with Gasteiger partial charge in [0.15, 0.2) is 0 Å². The fraction of sp³-hybridized carbons (Fsp3) is 0.481. The Kier molecular flexibility index (Phi) is 9.79. The highest BCUT2D eigenvalue weighted by molar-refractivity contribution is 7.92. The van der Waals surface area contributed by atoms with Crippen LogP contribution in [-0.2, 0) is 26.2 Å². The molecule has 36 heavy (non-hydrogen) atoms. The van der Waals surface area contributed by atoms with Crippen molar-refractivity contribution in [3.63, 3.8) is 0 Å². The SMILES string of the molecule is Cc1ccccc1N(CCCC(=O)N(Cc1ccc(Cl)cc1)C(C)C(=O)NC1CCCC1)S(C)(=O)=O. The summed E-state index contributed by atoms with van der Waals surface area (Å²) in [6, 6.07) is 14.0. The molecule has 2 amide bonds. The van der Waals surface area contributed by atoms with E-state index in [1.165, 1.54) is 10.6 Å². The van der Waals surface area contributed by atoms with Gasteiger partial charge < -0.3 is 10.2 Å². The van der Waals surface area contributed by atoms with Gasteiger partial charge >= 0.3 is 0 Å². The topological polar surface area (TPSA) is 86.8 Å². The average Bonchev–Trinajstić information content (AvgIpc) is 3.34. The van der Waals surface area contributed by atoms with Gasteiger partial charge in [0.05, 0.1) is 11.9 Å². The van der Waals surface area contributed by atoms with Gasteiger partial charge in [-0.15, -0.1) is 0 Å². The molecule has 0 spiro atoms. The second kappa shape index (κ2) is 12.6. The molecule has 0 radical (unpaired) electrons. The van der Waals surface area contributed by atoms with Crippen LogP contribution in [0.2, 0.25) is 5.02 Å². The molecule has 1 aliphatic rings. The summed E-state index contributed by atoms with van der Waals surface area (Å²) in [5, 5.41) is 3.69. The van der Waals surface area contributed by atoms with E-state index in [4.69, 9.17) is 11.6 Å². The zero-order valence-electron chi connectivity index (χ0n) is 21.2. The molecule has 9 heteroatoms. The van der Waals surface area contributed by atoms with Crippen LogP contribution in [0.5, 0.6) is 0 Å². The molecule has 1 saturated carbocycles. The van der Waals surface area contributed by atoms with Crippen molar-refractivity contribution in [1.29, 1.82) is 0 Å². The van der Waals surface area contributed by atoms with Crippen LogP contribution in [0.15, 0.2) is 48.5 Å². The van der Waals surface area contributed by atoms with E-state index in [-0.39, 0.29) is 37.4 Å². The number of anilines is 1. The number of aryl methyl sites for hydroxylation is 1. The molecule has 0 aromatic heterocycles. The van der Waals surface area contributed by atoms with Gasteiger partial charge in [-0.2, -0.15) is 0 Å². The molecule has 0 saturated heterocycles. The minimum absolute atomic E-state index is 0.118. The highest BCUT2D eigenvalue weighted by atomic mass is 35.5. The monoisotopic (exact) mass is 533 g/mol. The lowest BCUT2D eigenvalue weighted by atomic mass is 10.1. The van der Waals surface area contributed by atoms with Gasteiger partial charge in [0, 0.05) is 30.6 Å². The van der Waals surface area contributed by atoms with Crippen molar-refractivity contribution in [1.82, 2.24) is 10.2 Å². The number of nitrogens with zero attached hydrogens (tertiary/aromatic N) is 2. The van der Waals surface area contributed by atoms with E-state index in [0.717, 1.165) is 36.8 Å². The minimum atomic E-state index is -3.52. The third kappa shape index (κ3) is 7.71. The molecule has 0 bridgehead atoms. The summed E-state index contributed by atoms with van der Waals surface area (Å²) in [5.74, 6) is -0.362. The first-order valence-corrected chi connectivity index (χ1v) is 14.7. The molecule has 1 atom stereocenters. The fourth-order valence-electron chi connectivity index (χ4n) is 4.59. The molecule has 196 valence electrons. The largest absolute Gasteiger partial charge is 0.352 e. The second-order valence-corrected chi connectivity index (χ2v) is 11.9. The number of hydrogen-bond acceptors (Lipinski definition) is 4. The van der Waals surface area contributed by atoms with Crippen LogP contribution in [0.3, 0.4) is 0 Å². The van der Waals surface area contributed by atoms with Gasteiger partial charge in [0.25, 0.3) is 0 Å². The third-order valence-corrected chi connectivity index (χ3v) is 8.10. The molecule has 7 nitrogen and oxygen atoms in total. The number of amides is 2. The van der Waals surface area contributed by atoms with Gasteiger partial charge in [-0.05, 0) is 62.4 Å². The fourth-order valence-corrected chi connectivity index (χ4v) is 5.74. The summed E-state index contributed by atoms with van der Waals surface area (Å²) >= 11 is 6.02. The molecule has 0 heterocycles. The first-order chi connectivity index (χ1) is 17.1. The molecule has 1 unspecified atom stereocenters. The van der Waals surface area contributed by atoms with Crippen molar-refractivity contribution in [2.24, 2.45) is 0 Å². The van der Waals surface area contributed by atoms with Crippen LogP contribution in [-0.4, -0.2) is 50.0 Å². The molecule has 1 fully saturated rings.